The highest BCUT2D eigenvalue weighted by Crippen LogP contribution is 2.25. The molecule has 1 fully saturated rings. The Balaban J connectivity index is 1.60. The number of carboxylic acids is 1. The molecule has 0 amide bonds. The Bertz CT molecular complexity index is 637. The number of furan rings is 1. The normalized spacial score (nSPS) is 16.8. The molecule has 4 nitrogen and oxygen atoms in total. The Morgan fingerprint density at radius 2 is 1.86 bits per heavy atom. The van der Waals surface area contributed by atoms with E-state index >= 15 is 0 Å². The van der Waals surface area contributed by atoms with Crippen LogP contribution >= 0.6 is 0 Å². The van der Waals surface area contributed by atoms with Crippen LogP contribution in [0, 0.1) is 12.8 Å². The third-order valence-electron chi connectivity index (χ3n) is 4.31. The lowest BCUT2D eigenvalue weighted by Gasteiger charge is -2.29. The average Bonchev–Trinajstić information content (AvgIpc) is 2.97. The van der Waals surface area contributed by atoms with Crippen LogP contribution in [0.2, 0.25) is 0 Å². The first-order chi connectivity index (χ1) is 10.6. The van der Waals surface area contributed by atoms with Crippen LogP contribution < -0.4 is 0 Å². The van der Waals surface area contributed by atoms with Crippen LogP contribution in [-0.2, 0) is 11.3 Å². The molecule has 116 valence electrons. The average molecular weight is 299 g/mol. The van der Waals surface area contributed by atoms with Gasteiger partial charge in [-0.3, -0.25) is 9.69 Å². The van der Waals surface area contributed by atoms with Crippen molar-refractivity contribution in [1.29, 1.82) is 0 Å². The van der Waals surface area contributed by atoms with Gasteiger partial charge in [0, 0.05) is 5.56 Å². The third kappa shape index (κ3) is 3.39. The number of hydrogen-bond acceptors (Lipinski definition) is 3. The first kappa shape index (κ1) is 14.9. The number of rotatable bonds is 4. The van der Waals surface area contributed by atoms with E-state index in [4.69, 9.17) is 9.52 Å². The monoisotopic (exact) mass is 299 g/mol. The van der Waals surface area contributed by atoms with E-state index < -0.39 is 5.97 Å². The van der Waals surface area contributed by atoms with E-state index in [1.165, 1.54) is 5.56 Å². The number of aliphatic carboxylic acids is 1. The van der Waals surface area contributed by atoms with Crippen LogP contribution in [0.4, 0.5) is 0 Å². The number of benzene rings is 1. The summed E-state index contributed by atoms with van der Waals surface area (Å²) >= 11 is 0. The molecule has 1 aromatic carbocycles. The number of piperidine rings is 1. The molecule has 3 rings (SSSR count). The van der Waals surface area contributed by atoms with E-state index in [1.54, 1.807) is 0 Å². The quantitative estimate of drug-likeness (QED) is 0.938. The molecule has 1 N–H and O–H groups in total. The summed E-state index contributed by atoms with van der Waals surface area (Å²) in [5, 5.41) is 9.03. The van der Waals surface area contributed by atoms with E-state index in [1.807, 2.05) is 12.1 Å². The van der Waals surface area contributed by atoms with Gasteiger partial charge < -0.3 is 9.52 Å². The van der Waals surface area contributed by atoms with Gasteiger partial charge in [0.05, 0.1) is 12.5 Å². The zero-order valence-corrected chi connectivity index (χ0v) is 12.8. The minimum atomic E-state index is -0.667. The van der Waals surface area contributed by atoms with Gasteiger partial charge in [0.15, 0.2) is 0 Å². The van der Waals surface area contributed by atoms with Crippen molar-refractivity contribution in [1.82, 2.24) is 4.90 Å². The zero-order chi connectivity index (χ0) is 15.5. The molecule has 0 spiro atoms. The van der Waals surface area contributed by atoms with Crippen LogP contribution in [0.15, 0.2) is 40.8 Å². The van der Waals surface area contributed by atoms with Gasteiger partial charge in [-0.1, -0.05) is 29.8 Å². The maximum atomic E-state index is 11.0. The molecular weight excluding hydrogens is 278 g/mol. The summed E-state index contributed by atoms with van der Waals surface area (Å²) in [7, 11) is 0. The number of carbonyl (C=O) groups is 1. The molecule has 4 heteroatoms. The Labute approximate surface area is 130 Å². The molecule has 0 bridgehead atoms. The molecule has 1 aromatic heterocycles. The van der Waals surface area contributed by atoms with Crippen molar-refractivity contribution in [2.24, 2.45) is 5.92 Å². The maximum Gasteiger partial charge on any atom is 0.306 e. The number of likely N-dealkylation sites (tertiary alicyclic amines) is 1. The summed E-state index contributed by atoms with van der Waals surface area (Å²) in [5.74, 6) is 0.968. The number of carboxylic acid groups (broad SMARTS) is 1. The summed E-state index contributed by atoms with van der Waals surface area (Å²) in [6.45, 7) is 4.45. The SMILES string of the molecule is Cc1ccc(-c2ccc(CN3CCC(C(=O)O)CC3)o2)cc1. The number of aryl methyl sites for hydroxylation is 1. The number of nitrogens with zero attached hydrogens (tertiary/aromatic N) is 1. The van der Waals surface area contributed by atoms with E-state index in [9.17, 15) is 4.79 Å². The largest absolute Gasteiger partial charge is 0.481 e. The van der Waals surface area contributed by atoms with Crippen molar-refractivity contribution >= 4 is 5.97 Å². The van der Waals surface area contributed by atoms with E-state index in [0.717, 1.165) is 49.6 Å². The zero-order valence-electron chi connectivity index (χ0n) is 12.8. The highest BCUT2D eigenvalue weighted by Gasteiger charge is 2.24. The molecule has 0 aliphatic carbocycles. The van der Waals surface area contributed by atoms with Crippen molar-refractivity contribution in [3.05, 3.63) is 47.7 Å². The molecule has 1 saturated heterocycles. The second-order valence-corrected chi connectivity index (χ2v) is 6.02. The molecule has 2 aromatic rings. The van der Waals surface area contributed by atoms with Gasteiger partial charge in [0.2, 0.25) is 0 Å². The van der Waals surface area contributed by atoms with Gasteiger partial charge in [0.25, 0.3) is 0 Å². The highest BCUT2D eigenvalue weighted by atomic mass is 16.4. The van der Waals surface area contributed by atoms with Crippen molar-refractivity contribution in [3.63, 3.8) is 0 Å². The summed E-state index contributed by atoms with van der Waals surface area (Å²) in [4.78, 5) is 13.2. The van der Waals surface area contributed by atoms with Crippen LogP contribution in [0.25, 0.3) is 11.3 Å². The van der Waals surface area contributed by atoms with E-state index in [-0.39, 0.29) is 5.92 Å². The predicted octanol–water partition coefficient (Wildman–Crippen LogP) is 3.55. The molecule has 1 aliphatic rings. The summed E-state index contributed by atoms with van der Waals surface area (Å²) in [6.07, 6.45) is 1.45. The fourth-order valence-corrected chi connectivity index (χ4v) is 2.89. The first-order valence-electron chi connectivity index (χ1n) is 7.73. The minimum Gasteiger partial charge on any atom is -0.481 e. The highest BCUT2D eigenvalue weighted by molar-refractivity contribution is 5.70. The van der Waals surface area contributed by atoms with Crippen LogP contribution in [0.3, 0.4) is 0 Å². The van der Waals surface area contributed by atoms with Crippen LogP contribution in [0.1, 0.15) is 24.2 Å². The molecule has 22 heavy (non-hydrogen) atoms. The van der Waals surface area contributed by atoms with Gasteiger partial charge in [0.1, 0.15) is 11.5 Å². The van der Waals surface area contributed by atoms with Gasteiger partial charge in [-0.2, -0.15) is 0 Å². The smallest absolute Gasteiger partial charge is 0.306 e. The van der Waals surface area contributed by atoms with Gasteiger partial charge in [-0.15, -0.1) is 0 Å². The Morgan fingerprint density at radius 1 is 1.18 bits per heavy atom. The molecule has 0 saturated carbocycles. The fourth-order valence-electron chi connectivity index (χ4n) is 2.89. The third-order valence-corrected chi connectivity index (χ3v) is 4.31. The summed E-state index contributed by atoms with van der Waals surface area (Å²) in [5.41, 5.74) is 2.32. The number of hydrogen-bond donors (Lipinski definition) is 1. The molecule has 0 radical (unpaired) electrons. The van der Waals surface area contributed by atoms with Gasteiger partial charge in [-0.05, 0) is 45.0 Å². The minimum absolute atomic E-state index is 0.184. The van der Waals surface area contributed by atoms with Crippen molar-refractivity contribution in [2.45, 2.75) is 26.3 Å². The predicted molar refractivity (Wildman–Crippen MR) is 84.5 cm³/mol. The maximum absolute atomic E-state index is 11.0. The fraction of sp³-hybridized carbons (Fsp3) is 0.389. The topological polar surface area (TPSA) is 53.7 Å². The lowest BCUT2D eigenvalue weighted by molar-refractivity contribution is -0.143. The molecule has 0 unspecified atom stereocenters. The molecule has 2 heterocycles. The van der Waals surface area contributed by atoms with Crippen molar-refractivity contribution in [2.75, 3.05) is 13.1 Å². The Morgan fingerprint density at radius 3 is 2.50 bits per heavy atom. The first-order valence-corrected chi connectivity index (χ1v) is 7.73. The molecule has 1 aliphatic heterocycles. The van der Waals surface area contributed by atoms with Crippen molar-refractivity contribution in [3.8, 4) is 11.3 Å². The standard InChI is InChI=1S/C18H21NO3/c1-13-2-4-14(5-3-13)17-7-6-16(22-17)12-19-10-8-15(9-11-19)18(20)21/h2-7,15H,8-12H2,1H3,(H,20,21). The molecule has 0 atom stereocenters. The van der Waals surface area contributed by atoms with E-state index in [0.29, 0.717) is 0 Å². The van der Waals surface area contributed by atoms with Crippen LogP contribution in [-0.4, -0.2) is 29.1 Å². The van der Waals surface area contributed by atoms with Gasteiger partial charge in [-0.25, -0.2) is 0 Å². The lowest BCUT2D eigenvalue weighted by atomic mass is 9.97. The second-order valence-electron chi connectivity index (χ2n) is 6.02. The summed E-state index contributed by atoms with van der Waals surface area (Å²) in [6, 6.07) is 12.3. The van der Waals surface area contributed by atoms with E-state index in [2.05, 4.69) is 36.1 Å². The second kappa shape index (κ2) is 6.36. The van der Waals surface area contributed by atoms with Crippen molar-refractivity contribution < 1.29 is 14.3 Å². The Hall–Kier alpha value is -2.07. The molecular formula is C18H21NO3. The summed E-state index contributed by atoms with van der Waals surface area (Å²) < 4.78 is 5.93. The van der Waals surface area contributed by atoms with Gasteiger partial charge >= 0.3 is 5.97 Å². The van der Waals surface area contributed by atoms with Crippen LogP contribution in [0.5, 0.6) is 0 Å². The lowest BCUT2D eigenvalue weighted by Crippen LogP contribution is -2.35. The Kier molecular flexibility index (Phi) is 4.29.